The molecule has 3 N–H and O–H groups in total. The molecule has 26 heavy (non-hydrogen) atoms. The monoisotopic (exact) mass is 354 g/mol. The number of nitrogens with two attached hydrogens (primary N) is 1. The third-order valence-corrected chi connectivity index (χ3v) is 4.32. The minimum atomic E-state index is -0.266. The fourth-order valence-electron chi connectivity index (χ4n) is 2.81. The Bertz CT molecular complexity index is 1020. The SMILES string of the molecule is Cc1c2oc3c(C)ccc(C(=O)NCCN(C)C)c3nc-2cc(N)c1=O. The Hall–Kier alpha value is -2.93. The summed E-state index contributed by atoms with van der Waals surface area (Å²) in [6, 6.07) is 5.03. The third-order valence-electron chi connectivity index (χ3n) is 4.32. The van der Waals surface area contributed by atoms with E-state index >= 15 is 0 Å². The van der Waals surface area contributed by atoms with Crippen molar-refractivity contribution in [1.29, 1.82) is 0 Å². The van der Waals surface area contributed by atoms with Crippen LogP contribution in [0.15, 0.2) is 27.4 Å². The average Bonchev–Trinajstić information content (AvgIpc) is 2.59. The van der Waals surface area contributed by atoms with Gasteiger partial charge in [-0.3, -0.25) is 9.59 Å². The molecule has 0 fully saturated rings. The van der Waals surface area contributed by atoms with Crippen molar-refractivity contribution in [3.63, 3.8) is 0 Å². The molecule has 2 aliphatic rings. The van der Waals surface area contributed by atoms with Gasteiger partial charge in [-0.1, -0.05) is 6.07 Å². The molecule has 0 radical (unpaired) electrons. The topological polar surface area (TPSA) is 101 Å². The molecule has 3 rings (SSSR count). The van der Waals surface area contributed by atoms with Crippen LogP contribution in [0.1, 0.15) is 21.5 Å². The summed E-state index contributed by atoms with van der Waals surface area (Å²) in [5.74, 6) is 0.175. The molecule has 1 aromatic rings. The summed E-state index contributed by atoms with van der Waals surface area (Å²) >= 11 is 0. The summed E-state index contributed by atoms with van der Waals surface area (Å²) < 4.78 is 5.97. The van der Waals surface area contributed by atoms with Crippen molar-refractivity contribution in [1.82, 2.24) is 15.2 Å². The number of nitrogen functional groups attached to an aromatic ring is 1. The zero-order valence-electron chi connectivity index (χ0n) is 15.3. The molecule has 7 heteroatoms. The minimum Gasteiger partial charge on any atom is -0.452 e. The van der Waals surface area contributed by atoms with Gasteiger partial charge in [0.2, 0.25) is 5.43 Å². The van der Waals surface area contributed by atoms with Crippen LogP contribution in [0.4, 0.5) is 5.69 Å². The predicted octanol–water partition coefficient (Wildman–Crippen LogP) is 1.78. The molecule has 1 aliphatic carbocycles. The summed E-state index contributed by atoms with van der Waals surface area (Å²) in [5, 5.41) is 2.88. The lowest BCUT2D eigenvalue weighted by Crippen LogP contribution is -2.31. The molecule has 0 aromatic heterocycles. The van der Waals surface area contributed by atoms with Crippen LogP contribution in [-0.2, 0) is 0 Å². The molecule has 7 nitrogen and oxygen atoms in total. The Labute approximate surface area is 151 Å². The van der Waals surface area contributed by atoms with Gasteiger partial charge < -0.3 is 20.4 Å². The lowest BCUT2D eigenvalue weighted by Gasteiger charge is -2.14. The molecule has 1 aliphatic heterocycles. The lowest BCUT2D eigenvalue weighted by atomic mass is 10.1. The van der Waals surface area contributed by atoms with Crippen LogP contribution in [0.3, 0.4) is 0 Å². The van der Waals surface area contributed by atoms with Gasteiger partial charge in [-0.2, -0.15) is 0 Å². The number of aromatic nitrogens is 1. The van der Waals surface area contributed by atoms with Crippen LogP contribution in [0, 0.1) is 13.8 Å². The first-order valence-corrected chi connectivity index (χ1v) is 8.35. The van der Waals surface area contributed by atoms with E-state index in [1.807, 2.05) is 32.0 Å². The predicted molar refractivity (Wildman–Crippen MR) is 102 cm³/mol. The van der Waals surface area contributed by atoms with Crippen molar-refractivity contribution in [2.45, 2.75) is 13.8 Å². The first-order valence-electron chi connectivity index (χ1n) is 8.35. The van der Waals surface area contributed by atoms with Gasteiger partial charge in [0.1, 0.15) is 11.2 Å². The lowest BCUT2D eigenvalue weighted by molar-refractivity contribution is 0.0952. The highest BCUT2D eigenvalue weighted by molar-refractivity contribution is 6.05. The van der Waals surface area contributed by atoms with E-state index in [-0.39, 0.29) is 17.0 Å². The number of nitrogens with zero attached hydrogens (tertiary/aromatic N) is 2. The Morgan fingerprint density at radius 1 is 1.31 bits per heavy atom. The number of nitrogens with one attached hydrogen (secondary N) is 1. The minimum absolute atomic E-state index is 0.113. The largest absolute Gasteiger partial charge is 0.452 e. The van der Waals surface area contributed by atoms with Crippen molar-refractivity contribution in [2.24, 2.45) is 0 Å². The van der Waals surface area contributed by atoms with Gasteiger partial charge in [0.15, 0.2) is 11.3 Å². The van der Waals surface area contributed by atoms with Gasteiger partial charge in [-0.15, -0.1) is 0 Å². The zero-order chi connectivity index (χ0) is 19.0. The molecular formula is C19H22N4O3. The third kappa shape index (κ3) is 3.13. The number of anilines is 1. The van der Waals surface area contributed by atoms with Crippen LogP contribution in [0.5, 0.6) is 0 Å². The van der Waals surface area contributed by atoms with Crippen molar-refractivity contribution in [3.8, 4) is 11.5 Å². The molecule has 1 heterocycles. The van der Waals surface area contributed by atoms with Crippen LogP contribution < -0.4 is 16.5 Å². The molecule has 0 atom stereocenters. The van der Waals surface area contributed by atoms with E-state index in [1.54, 1.807) is 13.0 Å². The number of amides is 1. The van der Waals surface area contributed by atoms with Gasteiger partial charge in [0, 0.05) is 18.7 Å². The van der Waals surface area contributed by atoms with Crippen molar-refractivity contribution < 1.29 is 9.21 Å². The molecule has 0 bridgehead atoms. The summed E-state index contributed by atoms with van der Waals surface area (Å²) in [6.07, 6.45) is 0. The summed E-state index contributed by atoms with van der Waals surface area (Å²) in [6.45, 7) is 4.79. The second-order valence-electron chi connectivity index (χ2n) is 6.65. The maximum absolute atomic E-state index is 12.6. The molecule has 136 valence electrons. The molecule has 0 saturated heterocycles. The fourth-order valence-corrected chi connectivity index (χ4v) is 2.81. The highest BCUT2D eigenvalue weighted by Gasteiger charge is 2.20. The first kappa shape index (κ1) is 17.9. The molecule has 0 spiro atoms. The van der Waals surface area contributed by atoms with Gasteiger partial charge in [-0.25, -0.2) is 4.98 Å². The second kappa shape index (κ2) is 6.76. The fraction of sp³-hybridized carbons (Fsp3) is 0.316. The number of rotatable bonds is 4. The smallest absolute Gasteiger partial charge is 0.253 e. The zero-order valence-corrected chi connectivity index (χ0v) is 15.3. The summed E-state index contributed by atoms with van der Waals surface area (Å²) in [4.78, 5) is 31.2. The quantitative estimate of drug-likeness (QED) is 0.547. The average molecular weight is 354 g/mol. The Balaban J connectivity index is 2.16. The summed E-state index contributed by atoms with van der Waals surface area (Å²) in [7, 11) is 3.88. The highest BCUT2D eigenvalue weighted by Crippen LogP contribution is 2.30. The second-order valence-corrected chi connectivity index (χ2v) is 6.65. The number of carbonyl (C=O) groups excluding carboxylic acids is 1. The number of benzene rings is 2. The van der Waals surface area contributed by atoms with Crippen molar-refractivity contribution in [3.05, 3.63) is 45.1 Å². The summed E-state index contributed by atoms with van der Waals surface area (Å²) in [5.41, 5.74) is 8.70. The van der Waals surface area contributed by atoms with Crippen LogP contribution in [-0.4, -0.2) is 43.0 Å². The number of aryl methyl sites for hydroxylation is 1. The van der Waals surface area contributed by atoms with Gasteiger partial charge in [0.05, 0.1) is 11.3 Å². The van der Waals surface area contributed by atoms with E-state index in [4.69, 9.17) is 10.2 Å². The molecule has 0 saturated carbocycles. The van der Waals surface area contributed by atoms with E-state index in [0.29, 0.717) is 40.2 Å². The van der Waals surface area contributed by atoms with E-state index in [1.165, 1.54) is 6.07 Å². The molecule has 1 amide bonds. The van der Waals surface area contributed by atoms with Gasteiger partial charge in [-0.05, 0) is 45.6 Å². The van der Waals surface area contributed by atoms with E-state index in [0.717, 1.165) is 12.1 Å². The number of hydrogen-bond donors (Lipinski definition) is 2. The Kier molecular flexibility index (Phi) is 4.65. The number of hydrogen-bond acceptors (Lipinski definition) is 6. The molecule has 0 unspecified atom stereocenters. The van der Waals surface area contributed by atoms with Gasteiger partial charge in [0.25, 0.3) is 5.91 Å². The molecule has 1 aromatic carbocycles. The van der Waals surface area contributed by atoms with Crippen LogP contribution in [0.2, 0.25) is 0 Å². The van der Waals surface area contributed by atoms with E-state index in [9.17, 15) is 9.59 Å². The molecular weight excluding hydrogens is 332 g/mol. The normalized spacial score (nSPS) is 11.4. The first-order chi connectivity index (χ1) is 12.3. The van der Waals surface area contributed by atoms with Crippen molar-refractivity contribution in [2.75, 3.05) is 32.9 Å². The standard InChI is InChI=1S/C19H22N4O3/c1-10-5-6-12(19(25)21-7-8-23(3)4)15-17(10)26-18-11(2)16(24)13(20)9-14(18)22-15/h5-6,9H,7-8,20H2,1-4H3,(H,21,25). The van der Waals surface area contributed by atoms with Crippen LogP contribution in [0.25, 0.3) is 22.6 Å². The number of fused-ring (bicyclic) bond motifs is 2. The van der Waals surface area contributed by atoms with Crippen LogP contribution >= 0.6 is 0 Å². The van der Waals surface area contributed by atoms with Gasteiger partial charge >= 0.3 is 0 Å². The van der Waals surface area contributed by atoms with E-state index < -0.39 is 0 Å². The Morgan fingerprint density at radius 3 is 2.73 bits per heavy atom. The maximum Gasteiger partial charge on any atom is 0.253 e. The maximum atomic E-state index is 12.6. The number of carbonyl (C=O) groups is 1. The van der Waals surface area contributed by atoms with E-state index in [2.05, 4.69) is 10.3 Å². The highest BCUT2D eigenvalue weighted by atomic mass is 16.3. The Morgan fingerprint density at radius 2 is 2.04 bits per heavy atom. The number of likely N-dealkylation sites (N-methyl/N-ethyl adjacent to an activating group) is 1. The van der Waals surface area contributed by atoms with Crippen molar-refractivity contribution >= 4 is 22.7 Å².